The number of nitrogens with one attached hydrogen (secondary N) is 1. The van der Waals surface area contributed by atoms with E-state index in [1.807, 2.05) is 36.4 Å². The fourth-order valence-corrected chi connectivity index (χ4v) is 3.90. The lowest BCUT2D eigenvalue weighted by molar-refractivity contribution is -0.193. The average molecular weight is 660 g/mol. The quantitative estimate of drug-likeness (QED) is 0.110. The van der Waals surface area contributed by atoms with Crippen LogP contribution in [0.3, 0.4) is 0 Å². The van der Waals surface area contributed by atoms with Gasteiger partial charge in [-0.05, 0) is 60.5 Å². The Balaban J connectivity index is 0.000000421. The van der Waals surface area contributed by atoms with Gasteiger partial charge in [0.05, 0.1) is 16.6 Å². The van der Waals surface area contributed by atoms with Crippen molar-refractivity contribution in [3.05, 3.63) is 72.2 Å². The van der Waals surface area contributed by atoms with E-state index in [0.29, 0.717) is 22.8 Å². The number of hydrogen-bond acceptors (Lipinski definition) is 9. The number of nitrogen functional groups attached to an aromatic ring is 1. The number of hydrogen-bond donors (Lipinski definition) is 5. The molecule has 0 bridgehead atoms. The lowest BCUT2D eigenvalue weighted by Gasteiger charge is -2.14. The Hall–Kier alpha value is -5.13. The second-order valence-electron chi connectivity index (χ2n) is 8.90. The molecule has 2 heterocycles. The van der Waals surface area contributed by atoms with Crippen molar-refractivity contribution in [3.8, 4) is 0 Å². The SMILES string of the molecule is CC(C)c1ccc2c(Nc3cc(C(=O)O)ccc3Sc3ccc(N)cc3)ncnc2n1.O=C(O)C(F)(F)F.O=C(O)C(F)(F)F. The number of alkyl halides is 6. The molecule has 2 aromatic heterocycles. The smallest absolute Gasteiger partial charge is 0.478 e. The first-order valence-electron chi connectivity index (χ1n) is 12.2. The molecule has 0 saturated carbocycles. The Kier molecular flexibility index (Phi) is 12.1. The third-order valence-electron chi connectivity index (χ3n) is 5.18. The molecule has 0 aliphatic carbocycles. The van der Waals surface area contributed by atoms with Crippen LogP contribution in [0.1, 0.15) is 35.8 Å². The van der Waals surface area contributed by atoms with Gasteiger partial charge in [-0.3, -0.25) is 0 Å². The molecule has 0 atom stereocenters. The third-order valence-corrected chi connectivity index (χ3v) is 6.27. The van der Waals surface area contributed by atoms with E-state index in [0.717, 1.165) is 20.9 Å². The summed E-state index contributed by atoms with van der Waals surface area (Å²) in [7, 11) is 0. The van der Waals surface area contributed by atoms with E-state index in [4.69, 9.17) is 25.5 Å². The fraction of sp³-hybridized carbons (Fsp3) is 0.185. The van der Waals surface area contributed by atoms with Crippen LogP contribution in [-0.2, 0) is 9.59 Å². The number of carboxylic acid groups (broad SMARTS) is 3. The van der Waals surface area contributed by atoms with Crippen molar-refractivity contribution in [1.82, 2.24) is 15.0 Å². The molecular weight excluding hydrogens is 636 g/mol. The first kappa shape index (κ1) is 36.1. The summed E-state index contributed by atoms with van der Waals surface area (Å²) >= 11 is 1.50. The van der Waals surface area contributed by atoms with Gasteiger partial charge in [-0.2, -0.15) is 26.3 Å². The van der Waals surface area contributed by atoms with E-state index in [1.54, 1.807) is 18.2 Å². The van der Waals surface area contributed by atoms with Gasteiger partial charge < -0.3 is 26.4 Å². The van der Waals surface area contributed by atoms with Crippen molar-refractivity contribution in [2.45, 2.75) is 41.9 Å². The number of nitrogens with zero attached hydrogens (tertiary/aromatic N) is 3. The number of aromatic nitrogens is 3. The number of fused-ring (bicyclic) bond motifs is 1. The normalized spacial score (nSPS) is 11.1. The van der Waals surface area contributed by atoms with Crippen molar-refractivity contribution >= 4 is 57.9 Å². The van der Waals surface area contributed by atoms with Crippen LogP contribution >= 0.6 is 11.8 Å². The van der Waals surface area contributed by atoms with Gasteiger partial charge in [0.1, 0.15) is 12.1 Å². The molecular formula is C27H23F6N5O6S. The highest BCUT2D eigenvalue weighted by molar-refractivity contribution is 7.99. The molecule has 240 valence electrons. The molecule has 4 aromatic rings. The van der Waals surface area contributed by atoms with Crippen molar-refractivity contribution in [1.29, 1.82) is 0 Å². The summed E-state index contributed by atoms with van der Waals surface area (Å²) in [5.41, 5.74) is 8.82. The molecule has 0 saturated heterocycles. The standard InChI is InChI=1S/C23H21N5O2S.2C2HF3O2/c1-13(2)18-9-8-17-21(27-18)25-12-26-22(17)28-19-11-14(23(29)30)3-10-20(19)31-16-6-4-15(24)5-7-16;2*3-2(4,5)1(6)7/h3-13H,24H2,1-2H3,(H,29,30)(H,25,26,27,28);2*(H,6,7). The molecule has 11 nitrogen and oxygen atoms in total. The number of halogens is 6. The average Bonchev–Trinajstić information content (AvgIpc) is 2.94. The van der Waals surface area contributed by atoms with Gasteiger partial charge in [0.25, 0.3) is 0 Å². The molecule has 2 aromatic carbocycles. The number of nitrogens with two attached hydrogens (primary N) is 1. The van der Waals surface area contributed by atoms with E-state index in [2.05, 4.69) is 34.1 Å². The van der Waals surface area contributed by atoms with Gasteiger partial charge in [0, 0.05) is 21.2 Å². The zero-order valence-electron chi connectivity index (χ0n) is 23.0. The molecule has 45 heavy (non-hydrogen) atoms. The minimum atomic E-state index is -5.08. The molecule has 0 spiro atoms. The molecule has 0 radical (unpaired) electrons. The van der Waals surface area contributed by atoms with Crippen LogP contribution in [0.5, 0.6) is 0 Å². The zero-order valence-corrected chi connectivity index (χ0v) is 23.8. The molecule has 0 aliphatic heterocycles. The predicted octanol–water partition coefficient (Wildman–Crippen LogP) is 6.59. The maximum atomic E-state index is 11.5. The molecule has 6 N–H and O–H groups in total. The molecule has 4 rings (SSSR count). The highest BCUT2D eigenvalue weighted by Gasteiger charge is 2.38. The fourth-order valence-electron chi connectivity index (χ4n) is 3.02. The van der Waals surface area contributed by atoms with Gasteiger partial charge in [-0.25, -0.2) is 29.3 Å². The summed E-state index contributed by atoms with van der Waals surface area (Å²) in [6.45, 7) is 4.15. The Morgan fingerprint density at radius 1 is 0.844 bits per heavy atom. The number of pyridine rings is 1. The highest BCUT2D eigenvalue weighted by atomic mass is 32.2. The summed E-state index contributed by atoms with van der Waals surface area (Å²) in [6, 6.07) is 16.4. The largest absolute Gasteiger partial charge is 0.490 e. The second-order valence-corrected chi connectivity index (χ2v) is 10.0. The van der Waals surface area contributed by atoms with Crippen molar-refractivity contribution in [3.63, 3.8) is 0 Å². The van der Waals surface area contributed by atoms with Crippen LogP contribution in [-0.4, -0.2) is 60.5 Å². The van der Waals surface area contributed by atoms with Crippen LogP contribution in [0.15, 0.2) is 70.7 Å². The predicted molar refractivity (Wildman–Crippen MR) is 150 cm³/mol. The van der Waals surface area contributed by atoms with E-state index in [9.17, 15) is 36.2 Å². The van der Waals surface area contributed by atoms with Gasteiger partial charge in [0.2, 0.25) is 0 Å². The summed E-state index contributed by atoms with van der Waals surface area (Å²) in [6.07, 6.45) is -8.71. The molecule has 0 aliphatic rings. The lowest BCUT2D eigenvalue weighted by atomic mass is 10.1. The third kappa shape index (κ3) is 11.1. The van der Waals surface area contributed by atoms with Crippen LogP contribution in [0.25, 0.3) is 11.0 Å². The number of aliphatic carboxylic acids is 2. The Morgan fingerprint density at radius 2 is 1.40 bits per heavy atom. The van der Waals surface area contributed by atoms with E-state index in [-0.39, 0.29) is 11.5 Å². The Labute approximate surface area is 254 Å². The van der Waals surface area contributed by atoms with Crippen LogP contribution < -0.4 is 11.1 Å². The first-order valence-corrected chi connectivity index (χ1v) is 13.0. The highest BCUT2D eigenvalue weighted by Crippen LogP contribution is 2.36. The monoisotopic (exact) mass is 659 g/mol. The summed E-state index contributed by atoms with van der Waals surface area (Å²) in [5, 5.41) is 27.8. The van der Waals surface area contributed by atoms with Gasteiger partial charge >= 0.3 is 30.3 Å². The number of anilines is 3. The van der Waals surface area contributed by atoms with Gasteiger partial charge in [0.15, 0.2) is 5.65 Å². The second kappa shape index (κ2) is 15.0. The summed E-state index contributed by atoms with van der Waals surface area (Å²) in [5.74, 6) is -5.66. The zero-order chi connectivity index (χ0) is 34.1. The van der Waals surface area contributed by atoms with Gasteiger partial charge in [-0.15, -0.1) is 0 Å². The van der Waals surface area contributed by atoms with Crippen molar-refractivity contribution < 1.29 is 56.0 Å². The molecule has 0 unspecified atom stereocenters. The number of rotatable bonds is 6. The Morgan fingerprint density at radius 3 is 1.89 bits per heavy atom. The molecule has 0 amide bonds. The van der Waals surface area contributed by atoms with E-state index >= 15 is 0 Å². The minimum Gasteiger partial charge on any atom is -0.478 e. The van der Waals surface area contributed by atoms with Gasteiger partial charge in [-0.1, -0.05) is 25.6 Å². The summed E-state index contributed by atoms with van der Waals surface area (Å²) in [4.78, 5) is 44.5. The number of carbonyl (C=O) groups is 3. The van der Waals surface area contributed by atoms with Crippen molar-refractivity contribution in [2.24, 2.45) is 0 Å². The Bertz CT molecular complexity index is 1640. The topological polar surface area (TPSA) is 189 Å². The summed E-state index contributed by atoms with van der Waals surface area (Å²) < 4.78 is 63.5. The molecule has 18 heteroatoms. The maximum Gasteiger partial charge on any atom is 0.490 e. The number of benzene rings is 2. The molecule has 0 fully saturated rings. The van der Waals surface area contributed by atoms with E-state index in [1.165, 1.54) is 18.1 Å². The number of aromatic carboxylic acids is 1. The van der Waals surface area contributed by atoms with E-state index < -0.39 is 30.3 Å². The number of carboxylic acids is 3. The minimum absolute atomic E-state index is 0.183. The van der Waals surface area contributed by atoms with Crippen LogP contribution in [0.4, 0.5) is 43.5 Å². The maximum absolute atomic E-state index is 11.5. The first-order chi connectivity index (χ1) is 20.8. The van der Waals surface area contributed by atoms with Crippen LogP contribution in [0, 0.1) is 0 Å². The van der Waals surface area contributed by atoms with Crippen LogP contribution in [0.2, 0.25) is 0 Å². The lowest BCUT2D eigenvalue weighted by Crippen LogP contribution is -2.21. The van der Waals surface area contributed by atoms with Crippen molar-refractivity contribution in [2.75, 3.05) is 11.1 Å².